The lowest BCUT2D eigenvalue weighted by atomic mass is 10.1. The minimum absolute atomic E-state index is 0.121. The van der Waals surface area contributed by atoms with Gasteiger partial charge in [-0.25, -0.2) is 19.4 Å². The molecule has 186 valence electrons. The lowest BCUT2D eigenvalue weighted by Gasteiger charge is -2.22. The predicted octanol–water partition coefficient (Wildman–Crippen LogP) is 2.66. The summed E-state index contributed by atoms with van der Waals surface area (Å²) in [7, 11) is -1.91. The first kappa shape index (κ1) is 27.3. The Hall–Kier alpha value is -2.92. The standard InChI is InChI=1S/C17H20FN6O4P.C4H10O/c18-9-15(8-13-10-22-24-16(13)20-11-21-17(24)19)27-12-29(26,23-6-7-25)28-14-4-2-1-3-5-14;1-4(2)5-3/h1-5,7,10-11,15H,6,8-9,12H2,(H,23,26)(H2,19,20,21);4H,1-3H3. The van der Waals surface area contributed by atoms with Crippen molar-refractivity contribution in [3.05, 3.63) is 48.4 Å². The Morgan fingerprint density at radius 2 is 1.97 bits per heavy atom. The summed E-state index contributed by atoms with van der Waals surface area (Å²) in [5, 5.41) is 6.60. The number of aromatic nitrogens is 4. The second-order valence-corrected chi connectivity index (χ2v) is 9.41. The molecular formula is C21H30FN6O5P. The molecule has 3 rings (SSSR count). The number of ether oxygens (including phenoxy) is 2. The van der Waals surface area contributed by atoms with Gasteiger partial charge >= 0.3 is 7.52 Å². The van der Waals surface area contributed by atoms with Crippen LogP contribution in [0.1, 0.15) is 19.4 Å². The minimum atomic E-state index is -3.61. The number of hydrogen-bond acceptors (Lipinski definition) is 9. The maximum Gasteiger partial charge on any atom is 0.342 e. The van der Waals surface area contributed by atoms with Gasteiger partial charge in [0.2, 0.25) is 5.95 Å². The number of nitrogens with zero attached hydrogens (tertiary/aromatic N) is 4. The van der Waals surface area contributed by atoms with Gasteiger partial charge in [-0.05, 0) is 26.0 Å². The molecule has 0 amide bonds. The second kappa shape index (κ2) is 13.7. The van der Waals surface area contributed by atoms with E-state index in [4.69, 9.17) is 19.7 Å². The van der Waals surface area contributed by atoms with E-state index in [1.807, 2.05) is 13.8 Å². The van der Waals surface area contributed by atoms with E-state index in [0.29, 0.717) is 29.4 Å². The monoisotopic (exact) mass is 496 g/mol. The molecule has 0 saturated carbocycles. The molecule has 2 aromatic heterocycles. The molecule has 0 radical (unpaired) electrons. The molecule has 0 aliphatic carbocycles. The fourth-order valence-electron chi connectivity index (χ4n) is 2.56. The SMILES string of the molecule is COC(C)C.Nc1ncnc2c(CC(CF)OCP(=O)(NCC=O)Oc3ccccc3)cnn12. The summed E-state index contributed by atoms with van der Waals surface area (Å²) < 4.78 is 43.7. The number of nitrogens with one attached hydrogen (secondary N) is 1. The first-order chi connectivity index (χ1) is 16.3. The third-order valence-corrected chi connectivity index (χ3v) is 6.05. The molecule has 13 heteroatoms. The van der Waals surface area contributed by atoms with Gasteiger partial charge < -0.3 is 24.5 Å². The quantitative estimate of drug-likeness (QED) is 0.284. The maximum absolute atomic E-state index is 13.6. The Balaban J connectivity index is 0.000000739. The lowest BCUT2D eigenvalue weighted by molar-refractivity contribution is -0.106. The number of rotatable bonds is 12. The van der Waals surface area contributed by atoms with Crippen molar-refractivity contribution < 1.29 is 27.7 Å². The number of anilines is 1. The van der Waals surface area contributed by atoms with Gasteiger partial charge in [0.05, 0.1) is 24.9 Å². The van der Waals surface area contributed by atoms with Gasteiger partial charge in [0.1, 0.15) is 31.4 Å². The van der Waals surface area contributed by atoms with Gasteiger partial charge in [0, 0.05) is 19.1 Å². The molecule has 2 atom stereocenters. The molecule has 0 spiro atoms. The zero-order valence-electron chi connectivity index (χ0n) is 19.3. The summed E-state index contributed by atoms with van der Waals surface area (Å²) in [6.45, 7) is 2.97. The molecule has 0 fully saturated rings. The molecule has 11 nitrogen and oxygen atoms in total. The van der Waals surface area contributed by atoms with Crippen molar-refractivity contribution in [3.63, 3.8) is 0 Å². The van der Waals surface area contributed by atoms with Crippen LogP contribution in [0.5, 0.6) is 5.75 Å². The van der Waals surface area contributed by atoms with Gasteiger partial charge in [-0.15, -0.1) is 0 Å². The molecule has 0 bridgehead atoms. The summed E-state index contributed by atoms with van der Waals surface area (Å²) in [5.41, 5.74) is 6.75. The van der Waals surface area contributed by atoms with Crippen LogP contribution < -0.4 is 15.3 Å². The van der Waals surface area contributed by atoms with Gasteiger partial charge in [-0.1, -0.05) is 18.2 Å². The number of nitrogen functional groups attached to an aromatic ring is 1. The number of fused-ring (bicyclic) bond motifs is 1. The van der Waals surface area contributed by atoms with Crippen molar-refractivity contribution in [2.75, 3.05) is 32.4 Å². The van der Waals surface area contributed by atoms with Crippen LogP contribution in [-0.2, 0) is 25.3 Å². The fourth-order valence-corrected chi connectivity index (χ4v) is 3.99. The highest BCUT2D eigenvalue weighted by Gasteiger charge is 2.27. The first-order valence-electron chi connectivity index (χ1n) is 10.5. The van der Waals surface area contributed by atoms with Crippen LogP contribution in [0.15, 0.2) is 42.9 Å². The number of nitrogens with two attached hydrogens (primary N) is 1. The Morgan fingerprint density at radius 3 is 2.59 bits per heavy atom. The molecule has 2 heterocycles. The number of hydrogen-bond donors (Lipinski definition) is 2. The zero-order valence-corrected chi connectivity index (χ0v) is 20.2. The van der Waals surface area contributed by atoms with Crippen molar-refractivity contribution in [3.8, 4) is 5.75 Å². The van der Waals surface area contributed by atoms with Gasteiger partial charge in [0.25, 0.3) is 0 Å². The van der Waals surface area contributed by atoms with Crippen LogP contribution >= 0.6 is 7.52 Å². The van der Waals surface area contributed by atoms with Crippen molar-refractivity contribution in [2.45, 2.75) is 32.5 Å². The molecule has 1 aromatic carbocycles. The highest BCUT2D eigenvalue weighted by molar-refractivity contribution is 7.57. The first-order valence-corrected chi connectivity index (χ1v) is 12.3. The largest absolute Gasteiger partial charge is 0.431 e. The lowest BCUT2D eigenvalue weighted by Crippen LogP contribution is -2.25. The highest BCUT2D eigenvalue weighted by atomic mass is 31.2. The average molecular weight is 496 g/mol. The van der Waals surface area contributed by atoms with Gasteiger partial charge in [-0.2, -0.15) is 9.61 Å². The van der Waals surface area contributed by atoms with E-state index in [-0.39, 0.29) is 18.9 Å². The topological polar surface area (TPSA) is 143 Å². The van der Waals surface area contributed by atoms with Gasteiger partial charge in [-0.3, -0.25) is 4.57 Å². The molecule has 0 aliphatic heterocycles. The Morgan fingerprint density at radius 1 is 1.26 bits per heavy atom. The number of para-hydroxylation sites is 1. The normalized spacial score (nSPS) is 13.7. The summed E-state index contributed by atoms with van der Waals surface area (Å²) in [6, 6.07) is 8.43. The molecule has 34 heavy (non-hydrogen) atoms. The van der Waals surface area contributed by atoms with E-state index in [2.05, 4.69) is 20.2 Å². The highest BCUT2D eigenvalue weighted by Crippen LogP contribution is 2.43. The van der Waals surface area contributed by atoms with E-state index < -0.39 is 26.6 Å². The van der Waals surface area contributed by atoms with Crippen LogP contribution in [0.2, 0.25) is 0 Å². The molecule has 0 aliphatic rings. The van der Waals surface area contributed by atoms with Crippen molar-refractivity contribution in [1.29, 1.82) is 0 Å². The van der Waals surface area contributed by atoms with E-state index in [1.54, 1.807) is 37.4 Å². The van der Waals surface area contributed by atoms with E-state index in [9.17, 15) is 13.8 Å². The van der Waals surface area contributed by atoms with Crippen LogP contribution in [0.25, 0.3) is 5.65 Å². The number of alkyl halides is 1. The van der Waals surface area contributed by atoms with Crippen molar-refractivity contribution in [2.24, 2.45) is 0 Å². The summed E-state index contributed by atoms with van der Waals surface area (Å²) >= 11 is 0. The van der Waals surface area contributed by atoms with E-state index in [1.165, 1.54) is 17.0 Å². The summed E-state index contributed by atoms with van der Waals surface area (Å²) in [6.07, 6.45) is 2.48. The number of carbonyl (C=O) groups is 1. The van der Waals surface area contributed by atoms with E-state index in [0.717, 1.165) is 0 Å². The average Bonchev–Trinajstić information content (AvgIpc) is 3.25. The second-order valence-electron chi connectivity index (χ2n) is 7.30. The third-order valence-electron chi connectivity index (χ3n) is 4.39. The van der Waals surface area contributed by atoms with Crippen molar-refractivity contribution >= 4 is 25.4 Å². The summed E-state index contributed by atoms with van der Waals surface area (Å²) in [5.74, 6) is 0.488. The predicted molar refractivity (Wildman–Crippen MR) is 126 cm³/mol. The van der Waals surface area contributed by atoms with Gasteiger partial charge in [0.15, 0.2) is 5.65 Å². The number of aldehydes is 1. The molecule has 2 unspecified atom stereocenters. The van der Waals surface area contributed by atoms with Crippen LogP contribution in [0.4, 0.5) is 10.3 Å². The Bertz CT molecular complexity index is 1070. The zero-order chi connectivity index (χ0) is 25.0. The molecular weight excluding hydrogens is 466 g/mol. The molecule has 3 N–H and O–H groups in total. The van der Waals surface area contributed by atoms with Crippen LogP contribution in [-0.4, -0.2) is 64.8 Å². The Kier molecular flexibility index (Phi) is 11.0. The third kappa shape index (κ3) is 8.45. The van der Waals surface area contributed by atoms with E-state index >= 15 is 0 Å². The maximum atomic E-state index is 13.6. The van der Waals surface area contributed by atoms with Crippen molar-refractivity contribution in [1.82, 2.24) is 24.7 Å². The van der Waals surface area contributed by atoms with Crippen LogP contribution in [0.3, 0.4) is 0 Å². The summed E-state index contributed by atoms with van der Waals surface area (Å²) in [4.78, 5) is 18.6. The number of benzene rings is 1. The molecule has 3 aromatic rings. The smallest absolute Gasteiger partial charge is 0.342 e. The fraction of sp³-hybridized carbons (Fsp3) is 0.429. The number of carbonyl (C=O) groups excluding carboxylic acids is 1. The molecule has 0 saturated heterocycles. The number of methoxy groups -OCH3 is 1. The minimum Gasteiger partial charge on any atom is -0.431 e. The van der Waals surface area contributed by atoms with Crippen LogP contribution in [0, 0.1) is 0 Å². The Labute approximate surface area is 197 Å². The number of halogens is 1.